The van der Waals surface area contributed by atoms with Crippen molar-refractivity contribution in [2.24, 2.45) is 4.99 Å². The lowest BCUT2D eigenvalue weighted by Gasteiger charge is -2.38. The Morgan fingerprint density at radius 2 is 1.85 bits per heavy atom. The van der Waals surface area contributed by atoms with Crippen LogP contribution < -0.4 is 5.32 Å². The summed E-state index contributed by atoms with van der Waals surface area (Å²) in [6.45, 7) is 16.5. The highest BCUT2D eigenvalue weighted by Crippen LogP contribution is 2.34. The molecular formula is C45H69N7O3. The molecule has 1 aliphatic heterocycles. The fourth-order valence-corrected chi connectivity index (χ4v) is 7.78. The number of carbonyl (C=O) groups is 2. The number of rotatable bonds is 20. The summed E-state index contributed by atoms with van der Waals surface area (Å²) in [5.41, 5.74) is 5.98. The number of likely N-dealkylation sites (tertiary alicyclic amines) is 1. The van der Waals surface area contributed by atoms with E-state index in [0.29, 0.717) is 18.5 Å². The minimum Gasteiger partial charge on any atom is -0.375 e. The first-order chi connectivity index (χ1) is 26.4. The Morgan fingerprint density at radius 3 is 2.47 bits per heavy atom. The highest BCUT2D eigenvalue weighted by atomic mass is 16.7. The molecule has 1 N–H and O–H groups in total. The molecule has 2 fully saturated rings. The van der Waals surface area contributed by atoms with Crippen molar-refractivity contribution in [1.29, 1.82) is 5.26 Å². The molecule has 10 nitrogen and oxygen atoms in total. The van der Waals surface area contributed by atoms with Gasteiger partial charge in [-0.1, -0.05) is 69.2 Å². The fourth-order valence-electron chi connectivity index (χ4n) is 7.78. The molecule has 0 spiro atoms. The Kier molecular flexibility index (Phi) is 18.9. The van der Waals surface area contributed by atoms with Crippen LogP contribution in [0.2, 0.25) is 0 Å². The second kappa shape index (κ2) is 23.0. The van der Waals surface area contributed by atoms with Gasteiger partial charge in [-0.15, -0.1) is 0 Å². The molecule has 3 rings (SSSR count). The Bertz CT molecular complexity index is 1580. The molecule has 10 heteroatoms. The van der Waals surface area contributed by atoms with Crippen LogP contribution in [-0.4, -0.2) is 110 Å². The smallest absolute Gasteiger partial charge is 0.253 e. The Balaban J connectivity index is 1.98. The van der Waals surface area contributed by atoms with E-state index >= 15 is 0 Å². The summed E-state index contributed by atoms with van der Waals surface area (Å²) in [6, 6.07) is 8.26. The standard InChI is InChI=1S/C45H69N7O3/c1-11-38(48-32-43(53)51-28-18-25-40(51)31-46)30-42(44(47-6)52(55-10)39-23-14-13-15-24-39)41-27-26-37(45(54)49(7)8)29-36(41)22-17-20-33(3)19-16-21-34(4)35(5)50(9)12-2/h16,19-20,26-27,29,38-40,42,48H,4-5,11-15,17-18,21-25,28,30,32H2,1-3,6-10H3/b19-16?,33-20+,47-44?. The van der Waals surface area contributed by atoms with Gasteiger partial charge in [0, 0.05) is 64.5 Å². The molecule has 1 saturated carbocycles. The largest absolute Gasteiger partial charge is 0.375 e. The van der Waals surface area contributed by atoms with Gasteiger partial charge in [-0.25, -0.2) is 5.06 Å². The first-order valence-corrected chi connectivity index (χ1v) is 20.4. The van der Waals surface area contributed by atoms with Gasteiger partial charge in [-0.05, 0) is 100 Å². The van der Waals surface area contributed by atoms with Gasteiger partial charge < -0.3 is 20.0 Å². The zero-order chi connectivity index (χ0) is 40.5. The van der Waals surface area contributed by atoms with Gasteiger partial charge in [-0.3, -0.25) is 19.4 Å². The number of hydrogen-bond acceptors (Lipinski definition) is 7. The molecule has 302 valence electrons. The van der Waals surface area contributed by atoms with E-state index in [1.54, 1.807) is 31.0 Å². The highest BCUT2D eigenvalue weighted by molar-refractivity contribution is 5.95. The van der Waals surface area contributed by atoms with E-state index in [0.717, 1.165) is 105 Å². The van der Waals surface area contributed by atoms with Gasteiger partial charge >= 0.3 is 0 Å². The zero-order valence-corrected chi connectivity index (χ0v) is 35.2. The monoisotopic (exact) mass is 756 g/mol. The van der Waals surface area contributed by atoms with Crippen molar-refractivity contribution in [2.75, 3.05) is 54.9 Å². The summed E-state index contributed by atoms with van der Waals surface area (Å²) in [6.07, 6.45) is 17.5. The zero-order valence-electron chi connectivity index (χ0n) is 35.2. The van der Waals surface area contributed by atoms with Crippen LogP contribution in [0.3, 0.4) is 0 Å². The van der Waals surface area contributed by atoms with E-state index in [1.165, 1.54) is 6.42 Å². The van der Waals surface area contributed by atoms with Crippen LogP contribution in [0, 0.1) is 11.3 Å². The molecule has 1 saturated heterocycles. The third-order valence-corrected chi connectivity index (χ3v) is 11.3. The van der Waals surface area contributed by atoms with Crippen molar-refractivity contribution in [2.45, 2.75) is 122 Å². The van der Waals surface area contributed by atoms with E-state index in [1.807, 2.05) is 25.2 Å². The molecule has 1 aromatic rings. The van der Waals surface area contributed by atoms with E-state index in [2.05, 4.69) is 80.6 Å². The van der Waals surface area contributed by atoms with Crippen molar-refractivity contribution in [3.05, 3.63) is 83.1 Å². The Labute approximate surface area is 332 Å². The molecule has 1 heterocycles. The number of amidine groups is 1. The summed E-state index contributed by atoms with van der Waals surface area (Å²) in [7, 11) is 9.17. The molecule has 3 unspecified atom stereocenters. The lowest BCUT2D eigenvalue weighted by atomic mass is 9.83. The molecule has 3 atom stereocenters. The molecule has 0 radical (unpaired) electrons. The molecule has 55 heavy (non-hydrogen) atoms. The van der Waals surface area contributed by atoms with Gasteiger partial charge in [0.15, 0.2) is 0 Å². The number of nitrogens with zero attached hydrogens (tertiary/aromatic N) is 6. The average molecular weight is 756 g/mol. The number of nitriles is 1. The minimum atomic E-state index is -0.349. The van der Waals surface area contributed by atoms with Crippen LogP contribution >= 0.6 is 0 Å². The molecular weight excluding hydrogens is 687 g/mol. The number of nitrogens with one attached hydrogen (secondary N) is 1. The second-order valence-electron chi connectivity index (χ2n) is 15.3. The number of aliphatic imine (C=N–C) groups is 1. The SMILES string of the molecule is C=C(CC=C/C(C)=C/CCc1cc(C(=O)N(C)C)ccc1C(CC(CC)NCC(=O)N1CCCC1C#N)C(=NC)N(OC)C1CCCCC1)C(=C)N(C)CC. The van der Waals surface area contributed by atoms with E-state index in [-0.39, 0.29) is 42.4 Å². The maximum absolute atomic E-state index is 13.3. The molecule has 2 aliphatic rings. The normalized spacial score (nSPS) is 17.9. The topological polar surface area (TPSA) is 105 Å². The molecule has 1 aromatic carbocycles. The lowest BCUT2D eigenvalue weighted by Crippen LogP contribution is -2.46. The van der Waals surface area contributed by atoms with E-state index < -0.39 is 0 Å². The van der Waals surface area contributed by atoms with E-state index in [9.17, 15) is 14.9 Å². The van der Waals surface area contributed by atoms with E-state index in [4.69, 9.17) is 9.83 Å². The second-order valence-corrected chi connectivity index (χ2v) is 15.3. The summed E-state index contributed by atoms with van der Waals surface area (Å²) in [5.74, 6) is 0.629. The summed E-state index contributed by atoms with van der Waals surface area (Å²) in [4.78, 5) is 43.2. The summed E-state index contributed by atoms with van der Waals surface area (Å²) >= 11 is 0. The van der Waals surface area contributed by atoms with Crippen LogP contribution in [0.4, 0.5) is 0 Å². The molecule has 0 aromatic heterocycles. The number of aryl methyl sites for hydroxylation is 1. The third kappa shape index (κ3) is 12.9. The van der Waals surface area contributed by atoms with Gasteiger partial charge in [0.05, 0.1) is 25.8 Å². The van der Waals surface area contributed by atoms with Crippen LogP contribution in [0.1, 0.15) is 119 Å². The van der Waals surface area contributed by atoms with Gasteiger partial charge in [0.2, 0.25) is 5.91 Å². The number of amides is 2. The highest BCUT2D eigenvalue weighted by Gasteiger charge is 2.34. The molecule has 1 aliphatic carbocycles. The van der Waals surface area contributed by atoms with Crippen molar-refractivity contribution in [1.82, 2.24) is 25.1 Å². The maximum atomic E-state index is 13.3. The number of hydroxylamine groups is 2. The first kappa shape index (κ1) is 45.2. The predicted octanol–water partition coefficient (Wildman–Crippen LogP) is 7.82. The number of carbonyl (C=O) groups excluding carboxylic acids is 2. The molecule has 0 bridgehead atoms. The number of benzene rings is 1. The van der Waals surface area contributed by atoms with Crippen molar-refractivity contribution in [3.8, 4) is 6.07 Å². The average Bonchev–Trinajstić information content (AvgIpc) is 3.69. The third-order valence-electron chi connectivity index (χ3n) is 11.3. The summed E-state index contributed by atoms with van der Waals surface area (Å²) in [5, 5.41) is 15.2. The minimum absolute atomic E-state index is 0.00921. The van der Waals surface area contributed by atoms with Gasteiger partial charge in [0.1, 0.15) is 11.9 Å². The lowest BCUT2D eigenvalue weighted by molar-refractivity contribution is -0.130. The fraction of sp³-hybridized carbons (Fsp3) is 0.600. The number of likely N-dealkylation sites (N-methyl/N-ethyl adjacent to an activating group) is 1. The number of hydrogen-bond donors (Lipinski definition) is 1. The molecule has 2 amide bonds. The van der Waals surface area contributed by atoms with Crippen LogP contribution in [-0.2, 0) is 16.1 Å². The Hall–Kier alpha value is -4.20. The quantitative estimate of drug-likeness (QED) is 0.0627. The maximum Gasteiger partial charge on any atom is 0.253 e. The predicted molar refractivity (Wildman–Crippen MR) is 226 cm³/mol. The first-order valence-electron chi connectivity index (χ1n) is 20.4. The van der Waals surface area contributed by atoms with Crippen LogP contribution in [0.25, 0.3) is 0 Å². The van der Waals surface area contributed by atoms with Crippen molar-refractivity contribution >= 4 is 17.6 Å². The van der Waals surface area contributed by atoms with Crippen LogP contribution in [0.15, 0.2) is 71.4 Å². The van der Waals surface area contributed by atoms with Gasteiger partial charge in [-0.2, -0.15) is 5.26 Å². The van der Waals surface area contributed by atoms with Gasteiger partial charge in [0.25, 0.3) is 5.91 Å². The van der Waals surface area contributed by atoms with Crippen molar-refractivity contribution < 1.29 is 14.4 Å². The van der Waals surface area contributed by atoms with Crippen molar-refractivity contribution in [3.63, 3.8) is 0 Å². The van der Waals surface area contributed by atoms with Crippen LogP contribution in [0.5, 0.6) is 0 Å². The Morgan fingerprint density at radius 1 is 1.13 bits per heavy atom. The number of allylic oxidation sites excluding steroid dienone is 5. The summed E-state index contributed by atoms with van der Waals surface area (Å²) < 4.78 is 0.